The number of alkyl halides is 2. The van der Waals surface area contributed by atoms with E-state index in [1.165, 1.54) is 24.1 Å². The second kappa shape index (κ2) is 10.3. The third-order valence-electron chi connectivity index (χ3n) is 6.97. The third-order valence-corrected chi connectivity index (χ3v) is 6.97. The van der Waals surface area contributed by atoms with Gasteiger partial charge >= 0.3 is 6.61 Å². The lowest BCUT2D eigenvalue weighted by molar-refractivity contribution is -0.136. The van der Waals surface area contributed by atoms with Crippen molar-refractivity contribution >= 4 is 23.9 Å². The van der Waals surface area contributed by atoms with Crippen molar-refractivity contribution in [3.63, 3.8) is 0 Å². The number of rotatable bonds is 9. The summed E-state index contributed by atoms with van der Waals surface area (Å²) in [5, 5.41) is 2.89. The second-order valence-electron chi connectivity index (χ2n) is 9.66. The van der Waals surface area contributed by atoms with Crippen LogP contribution in [0.2, 0.25) is 0 Å². The normalized spacial score (nSPS) is 20.3. The van der Waals surface area contributed by atoms with E-state index in [9.17, 15) is 23.2 Å². The zero-order chi connectivity index (χ0) is 26.1. The fourth-order valence-electron chi connectivity index (χ4n) is 4.78. The van der Waals surface area contributed by atoms with Crippen LogP contribution in [-0.2, 0) is 16.1 Å². The molecule has 1 aliphatic carbocycles. The first-order valence-corrected chi connectivity index (χ1v) is 12.3. The van der Waals surface area contributed by atoms with Crippen LogP contribution in [0.1, 0.15) is 59.2 Å². The maximum absolute atomic E-state index is 13.1. The Bertz CT molecular complexity index is 1260. The summed E-state index contributed by atoms with van der Waals surface area (Å²) in [4.78, 5) is 42.4. The zero-order valence-corrected chi connectivity index (χ0v) is 20.3. The van der Waals surface area contributed by atoms with Crippen LogP contribution in [0.5, 0.6) is 11.5 Å². The molecule has 0 radical (unpaired) electrons. The van der Waals surface area contributed by atoms with E-state index in [0.29, 0.717) is 36.6 Å². The van der Waals surface area contributed by atoms with E-state index < -0.39 is 12.7 Å². The second-order valence-corrected chi connectivity index (χ2v) is 9.66. The monoisotopic (exact) mass is 511 g/mol. The summed E-state index contributed by atoms with van der Waals surface area (Å²) in [5.74, 6) is -0.333. The molecule has 1 unspecified atom stereocenters. The molecule has 2 fully saturated rings. The van der Waals surface area contributed by atoms with Gasteiger partial charge in [-0.3, -0.25) is 14.4 Å². The van der Waals surface area contributed by atoms with Gasteiger partial charge in [0, 0.05) is 37.7 Å². The summed E-state index contributed by atoms with van der Waals surface area (Å²) in [7, 11) is 0. The highest BCUT2D eigenvalue weighted by Gasteiger charge is 2.39. The number of fused-ring (bicyclic) bond motifs is 1. The van der Waals surface area contributed by atoms with Crippen molar-refractivity contribution in [1.82, 2.24) is 10.2 Å². The van der Waals surface area contributed by atoms with Crippen molar-refractivity contribution in [3.05, 3.63) is 58.7 Å². The fraction of sp³-hybridized carbons (Fsp3) is 0.407. The van der Waals surface area contributed by atoms with E-state index in [1.807, 2.05) is 0 Å². The summed E-state index contributed by atoms with van der Waals surface area (Å²) in [6, 6.07) is 9.39. The average Bonchev–Trinajstić information content (AvgIpc) is 3.47. The number of amides is 3. The number of hydrogen-bond acceptors (Lipinski definition) is 5. The van der Waals surface area contributed by atoms with Crippen molar-refractivity contribution in [2.24, 2.45) is 10.9 Å². The Morgan fingerprint density at radius 3 is 2.70 bits per heavy atom. The average molecular weight is 512 g/mol. The Morgan fingerprint density at radius 1 is 1.16 bits per heavy atom. The predicted molar refractivity (Wildman–Crippen MR) is 130 cm³/mol. The van der Waals surface area contributed by atoms with E-state index in [2.05, 4.69) is 15.0 Å². The van der Waals surface area contributed by atoms with E-state index in [-0.39, 0.29) is 41.7 Å². The molecule has 1 saturated heterocycles. The zero-order valence-electron chi connectivity index (χ0n) is 20.3. The van der Waals surface area contributed by atoms with Crippen molar-refractivity contribution in [2.45, 2.75) is 51.3 Å². The molecule has 3 amide bonds. The number of carbonyl (C=O) groups is 3. The van der Waals surface area contributed by atoms with Gasteiger partial charge in [0.2, 0.25) is 11.8 Å². The maximum Gasteiger partial charge on any atom is 0.387 e. The number of hydrogen-bond donors (Lipinski definition) is 1. The largest absolute Gasteiger partial charge is 0.489 e. The van der Waals surface area contributed by atoms with Crippen LogP contribution < -0.4 is 14.8 Å². The lowest BCUT2D eigenvalue weighted by atomic mass is 9.95. The Balaban J connectivity index is 1.28. The predicted octanol–water partition coefficient (Wildman–Crippen LogP) is 3.67. The Hall–Kier alpha value is -3.82. The van der Waals surface area contributed by atoms with Gasteiger partial charge in [-0.1, -0.05) is 12.1 Å². The Labute approximate surface area is 212 Å². The quantitative estimate of drug-likeness (QED) is 0.554. The number of aliphatic imine (C=N–C) groups is 1. The molecule has 2 atom stereocenters. The molecule has 3 aliphatic rings. The molecule has 10 heteroatoms. The Morgan fingerprint density at radius 2 is 1.97 bits per heavy atom. The number of nitrogens with zero attached hydrogens (tertiary/aromatic N) is 2. The first-order valence-electron chi connectivity index (χ1n) is 12.3. The smallest absolute Gasteiger partial charge is 0.387 e. The van der Waals surface area contributed by atoms with Gasteiger partial charge in [-0.05, 0) is 60.6 Å². The molecular weight excluding hydrogens is 484 g/mol. The van der Waals surface area contributed by atoms with E-state index >= 15 is 0 Å². The van der Waals surface area contributed by atoms with Gasteiger partial charge < -0.3 is 19.7 Å². The summed E-state index contributed by atoms with van der Waals surface area (Å²) >= 11 is 0. The van der Waals surface area contributed by atoms with Gasteiger partial charge in [-0.25, -0.2) is 4.99 Å². The number of ether oxygens (including phenoxy) is 2. The SMILES string of the molecule is CC(=O)N1CC(c2ccc(OC(F)F)c(OCC3CC3)c2)C[C@@H]1C(=O)NCc1ccc2c(c1)C=NC2=O. The van der Waals surface area contributed by atoms with Crippen molar-refractivity contribution in [1.29, 1.82) is 0 Å². The molecule has 0 bridgehead atoms. The van der Waals surface area contributed by atoms with Gasteiger partial charge in [0.05, 0.1) is 12.2 Å². The van der Waals surface area contributed by atoms with Crippen molar-refractivity contribution < 1.29 is 32.6 Å². The number of nitrogens with one attached hydrogen (secondary N) is 1. The summed E-state index contributed by atoms with van der Waals surface area (Å²) in [6.07, 6.45) is 3.99. The molecular formula is C27H27F2N3O5. The van der Waals surface area contributed by atoms with Gasteiger partial charge in [-0.2, -0.15) is 8.78 Å². The molecule has 2 aromatic carbocycles. The van der Waals surface area contributed by atoms with Gasteiger partial charge in [-0.15, -0.1) is 0 Å². The van der Waals surface area contributed by atoms with Crippen LogP contribution >= 0.6 is 0 Å². The van der Waals surface area contributed by atoms with Crippen LogP contribution in [0, 0.1) is 5.92 Å². The van der Waals surface area contributed by atoms with Gasteiger partial charge in [0.1, 0.15) is 6.04 Å². The molecule has 8 nitrogen and oxygen atoms in total. The molecule has 0 aromatic heterocycles. The molecule has 0 spiro atoms. The molecule has 2 heterocycles. The molecule has 1 saturated carbocycles. The van der Waals surface area contributed by atoms with Crippen LogP contribution in [0.3, 0.4) is 0 Å². The molecule has 2 aromatic rings. The minimum atomic E-state index is -2.97. The molecule has 1 N–H and O–H groups in total. The lowest BCUT2D eigenvalue weighted by Crippen LogP contribution is -2.44. The number of carbonyl (C=O) groups excluding carboxylic acids is 3. The van der Waals surface area contributed by atoms with E-state index in [4.69, 9.17) is 4.74 Å². The Kier molecular flexibility index (Phi) is 6.90. The minimum Gasteiger partial charge on any atom is -0.489 e. The number of likely N-dealkylation sites (tertiary alicyclic amines) is 1. The summed E-state index contributed by atoms with van der Waals surface area (Å²) < 4.78 is 36.2. The number of benzene rings is 2. The van der Waals surface area contributed by atoms with Crippen LogP contribution in [-0.4, -0.2) is 54.6 Å². The summed E-state index contributed by atoms with van der Waals surface area (Å²) in [5.41, 5.74) is 2.84. The standard InChI is InChI=1S/C27H27F2N3O5/c1-15(33)32-13-20(18-5-7-23(37-27(28)29)24(10-18)36-14-16-2-3-16)9-22(32)26(35)30-11-17-4-6-21-19(8-17)12-31-25(21)34/h4-8,10,12,16,20,22,27H,2-3,9,11,13-14H2,1H3,(H,30,35)/t20?,22-/m1/s1. The van der Waals surface area contributed by atoms with E-state index in [1.54, 1.807) is 30.3 Å². The minimum absolute atomic E-state index is 0.0313. The molecule has 2 aliphatic heterocycles. The molecule has 5 rings (SSSR count). The first kappa shape index (κ1) is 24.9. The van der Waals surface area contributed by atoms with Crippen molar-refractivity contribution in [2.75, 3.05) is 13.2 Å². The van der Waals surface area contributed by atoms with Crippen molar-refractivity contribution in [3.8, 4) is 11.5 Å². The molecule has 194 valence electrons. The van der Waals surface area contributed by atoms with Gasteiger partial charge in [0.25, 0.3) is 5.91 Å². The highest BCUT2D eigenvalue weighted by atomic mass is 19.3. The van der Waals surface area contributed by atoms with Gasteiger partial charge in [0.15, 0.2) is 11.5 Å². The third kappa shape index (κ3) is 5.63. The first-order chi connectivity index (χ1) is 17.8. The highest BCUT2D eigenvalue weighted by Crippen LogP contribution is 2.39. The molecule has 37 heavy (non-hydrogen) atoms. The summed E-state index contributed by atoms with van der Waals surface area (Å²) in [6.45, 7) is -0.563. The van der Waals surface area contributed by atoms with E-state index in [0.717, 1.165) is 24.0 Å². The number of halogens is 2. The van der Waals surface area contributed by atoms with Crippen LogP contribution in [0.4, 0.5) is 8.78 Å². The van der Waals surface area contributed by atoms with Crippen LogP contribution in [0.15, 0.2) is 41.4 Å². The van der Waals surface area contributed by atoms with Crippen LogP contribution in [0.25, 0.3) is 0 Å². The fourth-order valence-corrected chi connectivity index (χ4v) is 4.78. The topological polar surface area (TPSA) is 97.3 Å². The highest BCUT2D eigenvalue weighted by molar-refractivity contribution is 6.12. The maximum atomic E-state index is 13.1. The lowest BCUT2D eigenvalue weighted by Gasteiger charge is -2.22.